The number of hydrogen-bond acceptors (Lipinski definition) is 0. The average Bonchev–Trinajstić information content (AvgIpc) is 2.15. The van der Waals surface area contributed by atoms with E-state index < -0.39 is 0 Å². The molecule has 0 unspecified atom stereocenters. The smallest absolute Gasteiger partial charge is 0.0682 e. The van der Waals surface area contributed by atoms with Gasteiger partial charge in [0.1, 0.15) is 7.28 Å². The van der Waals surface area contributed by atoms with Crippen molar-refractivity contribution in [3.63, 3.8) is 0 Å². The van der Waals surface area contributed by atoms with E-state index in [0.29, 0.717) is 5.31 Å². The van der Waals surface area contributed by atoms with Gasteiger partial charge in [0.2, 0.25) is 0 Å². The van der Waals surface area contributed by atoms with Gasteiger partial charge in [-0.25, -0.2) is 0 Å². The third-order valence-electron chi connectivity index (χ3n) is 4.12. The van der Waals surface area contributed by atoms with Crippen molar-refractivity contribution in [2.24, 2.45) is 0 Å². The van der Waals surface area contributed by atoms with Gasteiger partial charge in [0.25, 0.3) is 0 Å². The molecule has 1 radical (unpaired) electrons. The van der Waals surface area contributed by atoms with E-state index in [1.54, 1.807) is 0 Å². The Bertz CT molecular complexity index is 155. The molecule has 0 atom stereocenters. The van der Waals surface area contributed by atoms with E-state index in [4.69, 9.17) is 0 Å². The zero-order valence-corrected chi connectivity index (χ0v) is 9.02. The molecule has 2 rings (SSSR count). The summed E-state index contributed by atoms with van der Waals surface area (Å²) in [7, 11) is 2.75. The van der Waals surface area contributed by atoms with Crippen molar-refractivity contribution in [2.45, 2.75) is 75.8 Å². The summed E-state index contributed by atoms with van der Waals surface area (Å²) in [6, 6.07) is 0. The van der Waals surface area contributed by atoms with E-state index in [0.717, 1.165) is 5.82 Å². The molecule has 2 fully saturated rings. The molecule has 0 aromatic heterocycles. The van der Waals surface area contributed by atoms with Gasteiger partial charge in [-0.2, -0.15) is 0 Å². The Kier molecular flexibility index (Phi) is 3.01. The summed E-state index contributed by atoms with van der Waals surface area (Å²) in [5.41, 5.74) is 0. The summed E-state index contributed by atoms with van der Waals surface area (Å²) < 4.78 is 0. The highest BCUT2D eigenvalue weighted by Gasteiger charge is 2.38. The van der Waals surface area contributed by atoms with Gasteiger partial charge in [-0.15, -0.1) is 0 Å². The number of fused-ring (bicyclic) bond motifs is 2. The summed E-state index contributed by atoms with van der Waals surface area (Å²) >= 11 is 0. The van der Waals surface area contributed by atoms with Crippen LogP contribution in [0.25, 0.3) is 0 Å². The van der Waals surface area contributed by atoms with E-state index in [9.17, 15) is 0 Å². The van der Waals surface area contributed by atoms with Crippen molar-refractivity contribution >= 4 is 7.28 Å². The van der Waals surface area contributed by atoms with Crippen molar-refractivity contribution in [3.05, 3.63) is 0 Å². The van der Waals surface area contributed by atoms with Crippen LogP contribution in [0.3, 0.4) is 0 Å². The zero-order valence-electron chi connectivity index (χ0n) is 9.02. The Morgan fingerprint density at radius 1 is 1.23 bits per heavy atom. The summed E-state index contributed by atoms with van der Waals surface area (Å²) in [4.78, 5) is 0. The first-order valence-corrected chi connectivity index (χ1v) is 6.21. The predicted octanol–water partition coefficient (Wildman–Crippen LogP) is 4.20. The zero-order chi connectivity index (χ0) is 9.15. The van der Waals surface area contributed by atoms with Gasteiger partial charge in [-0.3, -0.25) is 0 Å². The van der Waals surface area contributed by atoms with Gasteiger partial charge in [-0.1, -0.05) is 75.8 Å². The first-order valence-electron chi connectivity index (χ1n) is 6.21. The lowest BCUT2D eigenvalue weighted by Gasteiger charge is -2.45. The van der Waals surface area contributed by atoms with Crippen LogP contribution in [0.15, 0.2) is 0 Å². The second-order valence-corrected chi connectivity index (χ2v) is 5.18. The minimum Gasteiger partial charge on any atom is -0.0682 e. The van der Waals surface area contributed by atoms with Crippen molar-refractivity contribution in [3.8, 4) is 0 Å². The summed E-state index contributed by atoms with van der Waals surface area (Å²) in [6.07, 6.45) is 13.3. The third-order valence-corrected chi connectivity index (χ3v) is 4.12. The molecule has 0 amide bonds. The molecule has 73 valence electrons. The second kappa shape index (κ2) is 4.06. The number of unbranched alkanes of at least 4 members (excludes halogenated alkanes) is 1. The molecule has 1 heteroatoms. The number of rotatable bonds is 3. The Morgan fingerprint density at radius 3 is 2.54 bits per heavy atom. The van der Waals surface area contributed by atoms with Crippen molar-refractivity contribution < 1.29 is 0 Å². The molecule has 0 aliphatic carbocycles. The first-order chi connectivity index (χ1) is 6.35. The summed E-state index contributed by atoms with van der Waals surface area (Å²) in [5, 5.41) is 0.706. The molecule has 2 bridgehead atoms. The van der Waals surface area contributed by atoms with Crippen LogP contribution in [0.5, 0.6) is 0 Å². The lowest BCUT2D eigenvalue weighted by atomic mass is 9.35. The van der Waals surface area contributed by atoms with Crippen molar-refractivity contribution in [1.29, 1.82) is 0 Å². The first kappa shape index (κ1) is 9.61. The fraction of sp³-hybridized carbons (Fsp3) is 1.00. The molecule has 0 nitrogen and oxygen atoms in total. The molecular formula is C12H22B. The fourth-order valence-corrected chi connectivity index (χ4v) is 3.40. The van der Waals surface area contributed by atoms with Crippen LogP contribution in [0.1, 0.15) is 64.7 Å². The minimum absolute atomic E-state index is 0.706. The quantitative estimate of drug-likeness (QED) is 0.567. The molecule has 2 aliphatic rings. The second-order valence-electron chi connectivity index (χ2n) is 5.18. The van der Waals surface area contributed by atoms with Crippen LogP contribution in [0.2, 0.25) is 11.1 Å². The maximum absolute atomic E-state index is 2.75. The fourth-order valence-electron chi connectivity index (χ4n) is 3.40. The van der Waals surface area contributed by atoms with E-state index in [-0.39, 0.29) is 0 Å². The molecule has 0 spiro atoms. The van der Waals surface area contributed by atoms with Gasteiger partial charge >= 0.3 is 0 Å². The molecular weight excluding hydrogens is 155 g/mol. The molecule has 0 saturated carbocycles. The van der Waals surface area contributed by atoms with Crippen LogP contribution in [-0.4, -0.2) is 7.28 Å². The van der Waals surface area contributed by atoms with Crippen molar-refractivity contribution in [2.75, 3.05) is 0 Å². The van der Waals surface area contributed by atoms with E-state index in [2.05, 4.69) is 14.2 Å². The van der Waals surface area contributed by atoms with E-state index in [1.807, 2.05) is 0 Å². The van der Waals surface area contributed by atoms with Gasteiger partial charge < -0.3 is 0 Å². The van der Waals surface area contributed by atoms with Crippen LogP contribution in [-0.2, 0) is 0 Å². The molecule has 0 N–H and O–H groups in total. The highest BCUT2D eigenvalue weighted by Crippen LogP contribution is 2.54. The molecule has 2 heterocycles. The normalized spacial score (nSPS) is 38.4. The maximum Gasteiger partial charge on any atom is 0.122 e. The lowest BCUT2D eigenvalue weighted by Crippen LogP contribution is -2.32. The molecule has 13 heavy (non-hydrogen) atoms. The van der Waals surface area contributed by atoms with Gasteiger partial charge in [-0.05, 0) is 0 Å². The van der Waals surface area contributed by atoms with Crippen LogP contribution in [0, 0.1) is 0 Å². The summed E-state index contributed by atoms with van der Waals surface area (Å²) in [5.74, 6) is 0.999. The van der Waals surface area contributed by atoms with Gasteiger partial charge in [0.15, 0.2) is 0 Å². The Hall–Kier alpha value is 0.0649. The predicted molar refractivity (Wildman–Crippen MR) is 59.4 cm³/mol. The van der Waals surface area contributed by atoms with Crippen LogP contribution < -0.4 is 0 Å². The average molecular weight is 177 g/mol. The highest BCUT2D eigenvalue weighted by atomic mass is 14.3. The van der Waals surface area contributed by atoms with E-state index in [1.165, 1.54) is 57.8 Å². The number of hydrogen-bond donors (Lipinski definition) is 0. The molecule has 0 aromatic rings. The largest absolute Gasteiger partial charge is 0.122 e. The standard InChI is InChI=1S/C12H22B/c1-2-3-8-12-9-4-6-11(13-12)7-5-10-12/h11H,2-10H2,1H3. The van der Waals surface area contributed by atoms with Crippen molar-refractivity contribution in [1.82, 2.24) is 0 Å². The highest BCUT2D eigenvalue weighted by molar-refractivity contribution is 6.42. The third kappa shape index (κ3) is 2.11. The van der Waals surface area contributed by atoms with Gasteiger partial charge in [0, 0.05) is 0 Å². The minimum atomic E-state index is 0.706. The lowest BCUT2D eigenvalue weighted by molar-refractivity contribution is 0.326. The Labute approximate surface area is 83.7 Å². The molecule has 2 saturated heterocycles. The van der Waals surface area contributed by atoms with E-state index >= 15 is 0 Å². The van der Waals surface area contributed by atoms with Crippen LogP contribution in [0.4, 0.5) is 0 Å². The van der Waals surface area contributed by atoms with Crippen LogP contribution >= 0.6 is 0 Å². The Balaban J connectivity index is 1.93. The monoisotopic (exact) mass is 177 g/mol. The Morgan fingerprint density at radius 2 is 1.92 bits per heavy atom. The molecule has 2 aliphatic heterocycles. The summed E-state index contributed by atoms with van der Waals surface area (Å²) in [6.45, 7) is 2.32. The van der Waals surface area contributed by atoms with Gasteiger partial charge in [0.05, 0.1) is 0 Å². The maximum atomic E-state index is 2.75. The topological polar surface area (TPSA) is 0 Å². The molecule has 0 aromatic carbocycles. The SMILES string of the molecule is CCCCC12[B]C(CCC1)CCC2.